The van der Waals surface area contributed by atoms with Crippen molar-refractivity contribution in [3.8, 4) is 0 Å². The smallest absolute Gasteiger partial charge is 0.291 e. The van der Waals surface area contributed by atoms with Gasteiger partial charge in [0.2, 0.25) is 5.78 Å². The third-order valence-electron chi connectivity index (χ3n) is 5.88. The minimum absolute atomic E-state index is 0.261. The first kappa shape index (κ1) is 19.1. The highest BCUT2D eigenvalue weighted by molar-refractivity contribution is 6.42. The molecule has 3 aromatic rings. The van der Waals surface area contributed by atoms with Crippen molar-refractivity contribution in [3.05, 3.63) is 70.9 Å². The predicted octanol–water partition coefficient (Wildman–Crippen LogP) is 3.69. The maximum Gasteiger partial charge on any atom is 0.291 e. The Kier molecular flexibility index (Phi) is 4.82. The summed E-state index contributed by atoms with van der Waals surface area (Å²) in [6.45, 7) is 5.74. The zero-order valence-corrected chi connectivity index (χ0v) is 16.9. The minimum Gasteiger partial charge on any atom is -0.361 e. The van der Waals surface area contributed by atoms with Gasteiger partial charge in [0.05, 0.1) is 6.04 Å². The molecule has 1 aliphatic rings. The lowest BCUT2D eigenvalue weighted by molar-refractivity contribution is -0.142. The number of H-pyrrole nitrogens is 1. The van der Waals surface area contributed by atoms with Gasteiger partial charge in [-0.15, -0.1) is 0 Å². The number of rotatable bonds is 5. The van der Waals surface area contributed by atoms with Crippen molar-refractivity contribution in [1.82, 2.24) is 9.88 Å². The van der Waals surface area contributed by atoms with E-state index < -0.39 is 23.7 Å². The summed E-state index contributed by atoms with van der Waals surface area (Å²) in [5.74, 6) is -2.36. The molecule has 1 aromatic heterocycles. The summed E-state index contributed by atoms with van der Waals surface area (Å²) in [5.41, 5.74) is 5.09. The van der Waals surface area contributed by atoms with Gasteiger partial charge >= 0.3 is 0 Å². The average molecular weight is 388 g/mol. The Bertz CT molecular complexity index is 1130. The number of para-hydroxylation sites is 1. The maximum atomic E-state index is 12.8. The van der Waals surface area contributed by atoms with Gasteiger partial charge in [-0.25, -0.2) is 0 Å². The number of aromatic nitrogens is 1. The van der Waals surface area contributed by atoms with Gasteiger partial charge in [-0.05, 0) is 49.9 Å². The number of hydrogen-bond donors (Lipinski definition) is 1. The van der Waals surface area contributed by atoms with Crippen molar-refractivity contribution in [1.29, 1.82) is 0 Å². The van der Waals surface area contributed by atoms with Crippen molar-refractivity contribution >= 4 is 28.4 Å². The van der Waals surface area contributed by atoms with E-state index in [4.69, 9.17) is 0 Å². The van der Waals surface area contributed by atoms with Crippen molar-refractivity contribution in [2.45, 2.75) is 33.2 Å². The summed E-state index contributed by atoms with van der Waals surface area (Å²) in [6.07, 6.45) is 2.55. The number of nitrogens with one attached hydrogen (secondary N) is 1. The number of carbonyl (C=O) groups is 3. The summed E-state index contributed by atoms with van der Waals surface area (Å²) >= 11 is 0. The van der Waals surface area contributed by atoms with Crippen molar-refractivity contribution in [2.24, 2.45) is 5.92 Å². The van der Waals surface area contributed by atoms with Gasteiger partial charge in [-0.2, -0.15) is 0 Å². The predicted molar refractivity (Wildman–Crippen MR) is 112 cm³/mol. The first-order valence-electron chi connectivity index (χ1n) is 9.86. The van der Waals surface area contributed by atoms with Crippen molar-refractivity contribution < 1.29 is 14.4 Å². The highest BCUT2D eigenvalue weighted by Gasteiger charge is 2.50. The maximum absolute atomic E-state index is 12.8. The van der Waals surface area contributed by atoms with E-state index >= 15 is 0 Å². The Hall–Kier alpha value is -3.21. The van der Waals surface area contributed by atoms with Gasteiger partial charge in [-0.1, -0.05) is 42.0 Å². The summed E-state index contributed by atoms with van der Waals surface area (Å²) in [5, 5.41) is 1.11. The second kappa shape index (κ2) is 7.32. The average Bonchev–Trinajstić information content (AvgIpc) is 3.20. The molecule has 2 heterocycles. The Morgan fingerprint density at radius 2 is 1.86 bits per heavy atom. The number of likely N-dealkylation sites (tertiary alicyclic amines) is 1. The number of aromatic amines is 1. The molecule has 0 bridgehead atoms. The molecule has 2 aromatic carbocycles. The van der Waals surface area contributed by atoms with Crippen LogP contribution in [0, 0.1) is 19.8 Å². The molecular weight excluding hydrogens is 364 g/mol. The van der Waals surface area contributed by atoms with Crippen LogP contribution in [0.2, 0.25) is 0 Å². The summed E-state index contributed by atoms with van der Waals surface area (Å²) in [4.78, 5) is 42.6. The van der Waals surface area contributed by atoms with Crippen LogP contribution in [0.3, 0.4) is 0 Å². The molecule has 1 amide bonds. The molecule has 0 spiro atoms. The largest absolute Gasteiger partial charge is 0.361 e. The second-order valence-electron chi connectivity index (χ2n) is 7.87. The summed E-state index contributed by atoms with van der Waals surface area (Å²) in [7, 11) is 0. The zero-order chi connectivity index (χ0) is 20.7. The first-order chi connectivity index (χ1) is 13.9. The third kappa shape index (κ3) is 3.27. The minimum atomic E-state index is -0.938. The standard InChI is InChI=1S/C24H24N2O3/c1-14-8-9-18(15(2)12-14)22-21(16(3)27)23(28)24(29)26(22)11-10-17-13-25-20-7-5-4-6-19(17)20/h4-9,12-13,21-22,25H,10-11H2,1-3H3. The van der Waals surface area contributed by atoms with Crippen LogP contribution in [0.1, 0.15) is 35.2 Å². The van der Waals surface area contributed by atoms with E-state index in [0.29, 0.717) is 13.0 Å². The topological polar surface area (TPSA) is 70.2 Å². The Morgan fingerprint density at radius 1 is 1.10 bits per heavy atom. The molecule has 5 heteroatoms. The highest BCUT2D eigenvalue weighted by Crippen LogP contribution is 2.38. The molecule has 148 valence electrons. The molecule has 5 nitrogen and oxygen atoms in total. The molecule has 1 fully saturated rings. The Balaban J connectivity index is 1.70. The van der Waals surface area contributed by atoms with E-state index in [0.717, 1.165) is 33.2 Å². The molecule has 2 unspecified atom stereocenters. The van der Waals surface area contributed by atoms with Crippen LogP contribution in [-0.4, -0.2) is 33.9 Å². The molecule has 1 saturated heterocycles. The molecule has 0 aliphatic carbocycles. The van der Waals surface area contributed by atoms with E-state index in [9.17, 15) is 14.4 Å². The van der Waals surface area contributed by atoms with Crippen LogP contribution < -0.4 is 0 Å². The van der Waals surface area contributed by atoms with E-state index in [1.165, 1.54) is 6.92 Å². The summed E-state index contributed by atoms with van der Waals surface area (Å²) in [6, 6.07) is 13.4. The monoisotopic (exact) mass is 388 g/mol. The lowest BCUT2D eigenvalue weighted by Crippen LogP contribution is -2.32. The van der Waals surface area contributed by atoms with Crippen molar-refractivity contribution in [3.63, 3.8) is 0 Å². The third-order valence-corrected chi connectivity index (χ3v) is 5.88. The molecule has 2 atom stereocenters. The van der Waals surface area contributed by atoms with Crippen LogP contribution in [0.4, 0.5) is 0 Å². The van der Waals surface area contributed by atoms with Gasteiger partial charge in [-0.3, -0.25) is 14.4 Å². The summed E-state index contributed by atoms with van der Waals surface area (Å²) < 4.78 is 0. The normalized spacial score (nSPS) is 19.3. The fraction of sp³-hybridized carbons (Fsp3) is 0.292. The van der Waals surface area contributed by atoms with Gasteiger partial charge < -0.3 is 9.88 Å². The molecular formula is C24H24N2O3. The lowest BCUT2D eigenvalue weighted by Gasteiger charge is -2.28. The van der Waals surface area contributed by atoms with Crippen LogP contribution >= 0.6 is 0 Å². The fourth-order valence-corrected chi connectivity index (χ4v) is 4.46. The van der Waals surface area contributed by atoms with Crippen molar-refractivity contribution in [2.75, 3.05) is 6.54 Å². The lowest BCUT2D eigenvalue weighted by atomic mass is 9.87. The first-order valence-corrected chi connectivity index (χ1v) is 9.86. The molecule has 0 radical (unpaired) electrons. The van der Waals surface area contributed by atoms with E-state index in [1.54, 1.807) is 4.90 Å². The van der Waals surface area contributed by atoms with E-state index in [-0.39, 0.29) is 5.78 Å². The zero-order valence-electron chi connectivity index (χ0n) is 16.9. The number of hydrogen-bond acceptors (Lipinski definition) is 3. The van der Waals surface area contributed by atoms with Crippen LogP contribution in [0.15, 0.2) is 48.7 Å². The fourth-order valence-electron chi connectivity index (χ4n) is 4.46. The van der Waals surface area contributed by atoms with Crippen LogP contribution in [0.5, 0.6) is 0 Å². The van der Waals surface area contributed by atoms with E-state index in [1.807, 2.05) is 62.5 Å². The quantitative estimate of drug-likeness (QED) is 0.535. The molecule has 29 heavy (non-hydrogen) atoms. The van der Waals surface area contributed by atoms with Gasteiger partial charge in [0.1, 0.15) is 11.7 Å². The number of ketones is 2. The molecule has 0 saturated carbocycles. The SMILES string of the molecule is CC(=O)C1C(=O)C(=O)N(CCc2c[nH]c3ccccc23)C1c1ccc(C)cc1C. The Labute approximate surface area is 169 Å². The number of carbonyl (C=O) groups excluding carboxylic acids is 3. The number of nitrogens with zero attached hydrogens (tertiary/aromatic N) is 1. The number of fused-ring (bicyclic) bond motifs is 1. The molecule has 4 rings (SSSR count). The molecule has 1 N–H and O–H groups in total. The number of aryl methyl sites for hydroxylation is 2. The molecule has 1 aliphatic heterocycles. The van der Waals surface area contributed by atoms with Gasteiger partial charge in [0.15, 0.2) is 0 Å². The van der Waals surface area contributed by atoms with Crippen LogP contribution in [-0.2, 0) is 20.8 Å². The number of benzene rings is 2. The number of Topliss-reactive ketones (excluding diaryl/α,β-unsaturated/α-hetero) is 2. The van der Waals surface area contributed by atoms with E-state index in [2.05, 4.69) is 4.98 Å². The van der Waals surface area contributed by atoms with Crippen LogP contribution in [0.25, 0.3) is 10.9 Å². The second-order valence-corrected chi connectivity index (χ2v) is 7.87. The highest BCUT2D eigenvalue weighted by atomic mass is 16.2. The van der Waals surface area contributed by atoms with Gasteiger partial charge in [0, 0.05) is 23.6 Å². The van der Waals surface area contributed by atoms with Gasteiger partial charge in [0.25, 0.3) is 5.91 Å². The number of amides is 1. The Morgan fingerprint density at radius 3 is 2.59 bits per heavy atom.